The molecule has 1 saturated heterocycles. The van der Waals surface area contributed by atoms with Crippen LogP contribution in [-0.2, 0) is 23.9 Å². The van der Waals surface area contributed by atoms with Crippen LogP contribution in [0.5, 0.6) is 0 Å². The Labute approximate surface area is 179 Å². The van der Waals surface area contributed by atoms with Gasteiger partial charge in [0.25, 0.3) is 5.91 Å². The molecule has 7 nitrogen and oxygen atoms in total. The lowest BCUT2D eigenvalue weighted by molar-refractivity contribution is -0.154. The number of nitrogens with one attached hydrogen (secondary N) is 1. The number of hydrogen-bond donors (Lipinski definition) is 1. The van der Waals surface area contributed by atoms with Gasteiger partial charge in [-0.05, 0) is 31.4 Å². The summed E-state index contributed by atoms with van der Waals surface area (Å²) in [6.45, 7) is 0.895. The number of imide groups is 1. The van der Waals surface area contributed by atoms with Crippen molar-refractivity contribution in [2.45, 2.75) is 29.4 Å². The van der Waals surface area contributed by atoms with E-state index in [0.717, 1.165) is 10.5 Å². The lowest BCUT2D eigenvalue weighted by Crippen LogP contribution is -2.37. The van der Waals surface area contributed by atoms with Gasteiger partial charge < -0.3 is 10.1 Å². The third kappa shape index (κ3) is 4.46. The topological polar surface area (TPSA) is 92.8 Å². The molecular formula is C19H20Br2N2O5. The predicted octanol–water partition coefficient (Wildman–Crippen LogP) is 2.40. The lowest BCUT2D eigenvalue weighted by Gasteiger charge is -2.29. The molecule has 3 amide bonds. The van der Waals surface area contributed by atoms with Crippen molar-refractivity contribution in [3.8, 4) is 0 Å². The first kappa shape index (κ1) is 21.0. The number of carbonyl (C=O) groups is 4. The van der Waals surface area contributed by atoms with Gasteiger partial charge in [0.05, 0.1) is 11.8 Å². The van der Waals surface area contributed by atoms with E-state index in [0.29, 0.717) is 18.5 Å². The first-order chi connectivity index (χ1) is 13.3. The number of anilines is 1. The SMILES string of the molecule is Cc1ccccc1NC(=O)COC(=O)CN1C(=O)[C@H]2C[C@H](Br)[C@@H](Br)C[C@H]2C1=O. The molecule has 1 saturated carbocycles. The molecule has 0 spiro atoms. The van der Waals surface area contributed by atoms with Crippen molar-refractivity contribution in [1.82, 2.24) is 4.90 Å². The average Bonchev–Trinajstić information content (AvgIpc) is 2.87. The Morgan fingerprint density at radius 2 is 1.68 bits per heavy atom. The molecule has 150 valence electrons. The van der Waals surface area contributed by atoms with E-state index in [-0.39, 0.29) is 21.5 Å². The van der Waals surface area contributed by atoms with Crippen LogP contribution in [0, 0.1) is 18.8 Å². The summed E-state index contributed by atoms with van der Waals surface area (Å²) in [6.07, 6.45) is 1.07. The normalized spacial score (nSPS) is 26.8. The van der Waals surface area contributed by atoms with Crippen LogP contribution >= 0.6 is 31.9 Å². The Kier molecular flexibility index (Phi) is 6.54. The standard InChI is InChI=1S/C19H20Br2N2O5/c1-10-4-2-3-5-15(10)22-16(24)9-28-17(25)8-23-18(26)11-6-13(20)14(21)7-12(11)19(23)27/h2-5,11-14H,6-9H2,1H3,(H,22,24)/t11-,12+,13-,14-/m0/s1. The Morgan fingerprint density at radius 1 is 1.11 bits per heavy atom. The quantitative estimate of drug-likeness (QED) is 0.369. The van der Waals surface area contributed by atoms with E-state index in [4.69, 9.17) is 4.74 Å². The number of esters is 1. The summed E-state index contributed by atoms with van der Waals surface area (Å²) >= 11 is 7.03. The number of nitrogens with zero attached hydrogens (tertiary/aromatic N) is 1. The number of hydrogen-bond acceptors (Lipinski definition) is 5. The second kappa shape index (κ2) is 8.73. The number of alkyl halides is 2. The molecule has 1 aliphatic carbocycles. The summed E-state index contributed by atoms with van der Waals surface area (Å²) in [4.78, 5) is 50.3. The fourth-order valence-corrected chi connectivity index (χ4v) is 4.78. The number of fused-ring (bicyclic) bond motifs is 1. The summed E-state index contributed by atoms with van der Waals surface area (Å²) in [6, 6.07) is 7.23. The molecule has 2 aliphatic rings. The number of para-hydroxylation sites is 1. The number of benzene rings is 1. The highest BCUT2D eigenvalue weighted by Gasteiger charge is 2.52. The van der Waals surface area contributed by atoms with Gasteiger partial charge in [-0.25, -0.2) is 0 Å². The molecule has 0 bridgehead atoms. The van der Waals surface area contributed by atoms with E-state index in [1.165, 1.54) is 0 Å². The average molecular weight is 516 g/mol. The third-order valence-electron chi connectivity index (χ3n) is 5.07. The van der Waals surface area contributed by atoms with Crippen molar-refractivity contribution < 1.29 is 23.9 Å². The minimum atomic E-state index is -0.786. The molecule has 0 aromatic heterocycles. The number of ether oxygens (including phenoxy) is 1. The third-order valence-corrected chi connectivity index (χ3v) is 7.81. The number of halogens is 2. The van der Waals surface area contributed by atoms with Gasteiger partial charge >= 0.3 is 5.97 Å². The Bertz CT molecular complexity index is 787. The zero-order valence-corrected chi connectivity index (χ0v) is 18.4. The molecule has 1 N–H and O–H groups in total. The Morgan fingerprint density at radius 3 is 2.25 bits per heavy atom. The van der Waals surface area contributed by atoms with Crippen LogP contribution in [0.15, 0.2) is 24.3 Å². The molecule has 28 heavy (non-hydrogen) atoms. The maximum Gasteiger partial charge on any atom is 0.326 e. The van der Waals surface area contributed by atoms with Crippen LogP contribution in [0.2, 0.25) is 0 Å². The molecular weight excluding hydrogens is 496 g/mol. The summed E-state index contributed by atoms with van der Waals surface area (Å²) < 4.78 is 4.95. The van der Waals surface area contributed by atoms with E-state index in [1.807, 2.05) is 19.1 Å². The summed E-state index contributed by atoms with van der Waals surface area (Å²) in [5, 5.41) is 2.65. The van der Waals surface area contributed by atoms with Crippen LogP contribution < -0.4 is 5.32 Å². The molecule has 0 unspecified atom stereocenters. The molecule has 1 aliphatic heterocycles. The van der Waals surface area contributed by atoms with E-state index in [9.17, 15) is 19.2 Å². The largest absolute Gasteiger partial charge is 0.454 e. The van der Waals surface area contributed by atoms with Crippen molar-refractivity contribution in [2.24, 2.45) is 11.8 Å². The highest BCUT2D eigenvalue weighted by atomic mass is 79.9. The van der Waals surface area contributed by atoms with E-state index >= 15 is 0 Å². The summed E-state index contributed by atoms with van der Waals surface area (Å²) in [5.41, 5.74) is 1.51. The number of amides is 3. The molecule has 4 atom stereocenters. The van der Waals surface area contributed by atoms with Crippen LogP contribution in [0.3, 0.4) is 0 Å². The van der Waals surface area contributed by atoms with E-state index in [2.05, 4.69) is 37.2 Å². The maximum atomic E-state index is 12.5. The first-order valence-corrected chi connectivity index (χ1v) is 10.8. The highest BCUT2D eigenvalue weighted by molar-refractivity contribution is 9.12. The zero-order valence-electron chi connectivity index (χ0n) is 15.2. The smallest absolute Gasteiger partial charge is 0.326 e. The Balaban J connectivity index is 1.52. The molecule has 0 radical (unpaired) electrons. The van der Waals surface area contributed by atoms with E-state index < -0.39 is 36.9 Å². The lowest BCUT2D eigenvalue weighted by atomic mass is 9.81. The number of carbonyl (C=O) groups excluding carboxylic acids is 4. The fourth-order valence-electron chi connectivity index (χ4n) is 3.54. The molecule has 1 heterocycles. The molecule has 2 fully saturated rings. The van der Waals surface area contributed by atoms with Gasteiger partial charge in [0.2, 0.25) is 11.8 Å². The van der Waals surface area contributed by atoms with Crippen molar-refractivity contribution in [1.29, 1.82) is 0 Å². The molecule has 9 heteroatoms. The summed E-state index contributed by atoms with van der Waals surface area (Å²) in [5.74, 6) is -2.79. The molecule has 1 aromatic carbocycles. The van der Waals surface area contributed by atoms with Crippen molar-refractivity contribution >= 4 is 61.2 Å². The predicted molar refractivity (Wildman–Crippen MR) is 109 cm³/mol. The van der Waals surface area contributed by atoms with Crippen molar-refractivity contribution in [3.05, 3.63) is 29.8 Å². The second-order valence-corrected chi connectivity index (χ2v) is 9.36. The van der Waals surface area contributed by atoms with Crippen LogP contribution in [0.1, 0.15) is 18.4 Å². The number of aryl methyl sites for hydroxylation is 1. The van der Waals surface area contributed by atoms with Crippen LogP contribution in [0.25, 0.3) is 0 Å². The molecule has 1 aromatic rings. The van der Waals surface area contributed by atoms with Crippen LogP contribution in [0.4, 0.5) is 5.69 Å². The zero-order chi connectivity index (χ0) is 20.4. The van der Waals surface area contributed by atoms with Gasteiger partial charge in [0.1, 0.15) is 6.54 Å². The van der Waals surface area contributed by atoms with Crippen LogP contribution in [-0.4, -0.2) is 51.4 Å². The monoisotopic (exact) mass is 514 g/mol. The highest BCUT2D eigenvalue weighted by Crippen LogP contribution is 2.43. The van der Waals surface area contributed by atoms with Gasteiger partial charge in [0.15, 0.2) is 6.61 Å². The minimum Gasteiger partial charge on any atom is -0.454 e. The van der Waals surface area contributed by atoms with Gasteiger partial charge in [-0.3, -0.25) is 24.1 Å². The van der Waals surface area contributed by atoms with Gasteiger partial charge in [-0.2, -0.15) is 0 Å². The van der Waals surface area contributed by atoms with Gasteiger partial charge in [0, 0.05) is 15.3 Å². The van der Waals surface area contributed by atoms with Gasteiger partial charge in [-0.1, -0.05) is 50.1 Å². The van der Waals surface area contributed by atoms with Crippen molar-refractivity contribution in [3.63, 3.8) is 0 Å². The molecule has 3 rings (SSSR count). The second-order valence-electron chi connectivity index (χ2n) is 7.00. The number of likely N-dealkylation sites (tertiary alicyclic amines) is 1. The Hall–Kier alpha value is -1.74. The van der Waals surface area contributed by atoms with E-state index in [1.54, 1.807) is 12.1 Å². The maximum absolute atomic E-state index is 12.5. The van der Waals surface area contributed by atoms with Crippen molar-refractivity contribution in [2.75, 3.05) is 18.5 Å². The minimum absolute atomic E-state index is 0.0996. The fraction of sp³-hybridized carbons (Fsp3) is 0.474. The summed E-state index contributed by atoms with van der Waals surface area (Å²) in [7, 11) is 0. The first-order valence-electron chi connectivity index (χ1n) is 8.92. The van der Waals surface area contributed by atoms with Gasteiger partial charge in [-0.15, -0.1) is 0 Å². The number of rotatable bonds is 5.